The normalized spacial score (nSPS) is 12.4. The van der Waals surface area contributed by atoms with Gasteiger partial charge in [0, 0.05) is 19.3 Å². The fourth-order valence-electron chi connectivity index (χ4n) is 6.86. The zero-order valence-electron chi connectivity index (χ0n) is 38.3. The topological polar surface area (TPSA) is 78.9 Å². The molecular formula is C52H92O6. The molecule has 0 aromatic heterocycles. The summed E-state index contributed by atoms with van der Waals surface area (Å²) >= 11 is 0. The second-order valence-electron chi connectivity index (χ2n) is 16.3. The largest absolute Gasteiger partial charge is 0.462 e. The highest BCUT2D eigenvalue weighted by molar-refractivity contribution is 5.71. The maximum Gasteiger partial charge on any atom is 0.306 e. The molecule has 0 amide bonds. The van der Waals surface area contributed by atoms with Crippen LogP contribution >= 0.6 is 0 Å². The fraction of sp³-hybridized carbons (Fsp3) is 0.788. The Hall–Kier alpha value is -2.63. The summed E-state index contributed by atoms with van der Waals surface area (Å²) in [7, 11) is 0. The van der Waals surface area contributed by atoms with Crippen molar-refractivity contribution in [2.45, 2.75) is 252 Å². The first-order valence-corrected chi connectivity index (χ1v) is 24.6. The van der Waals surface area contributed by atoms with Gasteiger partial charge < -0.3 is 14.2 Å². The van der Waals surface area contributed by atoms with Gasteiger partial charge in [0.25, 0.3) is 0 Å². The van der Waals surface area contributed by atoms with Crippen LogP contribution < -0.4 is 0 Å². The van der Waals surface area contributed by atoms with Gasteiger partial charge in [0.2, 0.25) is 0 Å². The maximum absolute atomic E-state index is 12.7. The van der Waals surface area contributed by atoms with Gasteiger partial charge in [-0.2, -0.15) is 0 Å². The van der Waals surface area contributed by atoms with Crippen molar-refractivity contribution in [2.75, 3.05) is 13.2 Å². The highest BCUT2D eigenvalue weighted by Crippen LogP contribution is 2.14. The Morgan fingerprint density at radius 1 is 0.362 bits per heavy atom. The molecule has 1 atom stereocenters. The molecule has 1 unspecified atom stereocenters. The summed E-state index contributed by atoms with van der Waals surface area (Å²) in [4.78, 5) is 37.8. The summed E-state index contributed by atoms with van der Waals surface area (Å²) in [5, 5.41) is 0. The Morgan fingerprint density at radius 3 is 1.09 bits per heavy atom. The number of esters is 3. The number of ether oxygens (including phenoxy) is 3. The summed E-state index contributed by atoms with van der Waals surface area (Å²) in [6.45, 7) is 6.48. The molecule has 0 radical (unpaired) electrons. The molecule has 0 aliphatic heterocycles. The summed E-state index contributed by atoms with van der Waals surface area (Å²) in [5.41, 5.74) is 0. The number of allylic oxidation sites excluding steroid dienone is 8. The molecule has 6 nitrogen and oxygen atoms in total. The van der Waals surface area contributed by atoms with E-state index in [0.29, 0.717) is 19.3 Å². The number of hydrogen-bond acceptors (Lipinski definition) is 6. The summed E-state index contributed by atoms with van der Waals surface area (Å²) < 4.78 is 16.7. The predicted molar refractivity (Wildman–Crippen MR) is 247 cm³/mol. The molecule has 0 aliphatic rings. The van der Waals surface area contributed by atoms with Gasteiger partial charge in [-0.15, -0.1) is 0 Å². The Morgan fingerprint density at radius 2 is 0.672 bits per heavy atom. The molecule has 0 rings (SSSR count). The smallest absolute Gasteiger partial charge is 0.306 e. The van der Waals surface area contributed by atoms with E-state index in [0.717, 1.165) is 89.9 Å². The molecule has 336 valence electrons. The predicted octanol–water partition coefficient (Wildman–Crippen LogP) is 15.9. The zero-order valence-corrected chi connectivity index (χ0v) is 38.3. The van der Waals surface area contributed by atoms with E-state index in [1.165, 1.54) is 116 Å². The van der Waals surface area contributed by atoms with Crippen molar-refractivity contribution in [1.82, 2.24) is 0 Å². The van der Waals surface area contributed by atoms with Gasteiger partial charge in [-0.3, -0.25) is 14.4 Å². The average Bonchev–Trinajstić information content (AvgIpc) is 3.22. The molecule has 0 heterocycles. The van der Waals surface area contributed by atoms with Crippen LogP contribution in [0.4, 0.5) is 0 Å². The molecule has 0 aromatic carbocycles. The molecule has 0 saturated carbocycles. The lowest BCUT2D eigenvalue weighted by Crippen LogP contribution is -2.30. The van der Waals surface area contributed by atoms with Crippen LogP contribution in [0.3, 0.4) is 0 Å². The average molecular weight is 813 g/mol. The van der Waals surface area contributed by atoms with Crippen LogP contribution in [0.1, 0.15) is 245 Å². The highest BCUT2D eigenvalue weighted by atomic mass is 16.6. The first-order valence-electron chi connectivity index (χ1n) is 24.6. The lowest BCUT2D eigenvalue weighted by atomic mass is 10.1. The van der Waals surface area contributed by atoms with Crippen molar-refractivity contribution in [3.8, 4) is 0 Å². The number of hydrogen-bond donors (Lipinski definition) is 0. The van der Waals surface area contributed by atoms with Crippen LogP contribution in [0.25, 0.3) is 0 Å². The zero-order chi connectivity index (χ0) is 42.3. The van der Waals surface area contributed by atoms with Gasteiger partial charge in [0.1, 0.15) is 13.2 Å². The van der Waals surface area contributed by atoms with Gasteiger partial charge in [-0.25, -0.2) is 0 Å². The van der Waals surface area contributed by atoms with Crippen LogP contribution in [0.5, 0.6) is 0 Å². The van der Waals surface area contributed by atoms with Gasteiger partial charge in [0.15, 0.2) is 6.10 Å². The lowest BCUT2D eigenvalue weighted by molar-refractivity contribution is -0.167. The van der Waals surface area contributed by atoms with Crippen LogP contribution in [-0.4, -0.2) is 37.2 Å². The van der Waals surface area contributed by atoms with E-state index in [2.05, 4.69) is 69.4 Å². The van der Waals surface area contributed by atoms with E-state index < -0.39 is 6.10 Å². The molecule has 0 spiro atoms. The SMILES string of the molecule is CC/C=C\C/C=C\C/C=C\CCCCCC(=O)OC(COC(=O)CCCCCCC/C=C\CCCCCCCCC)COC(=O)CCCCCCCCCCCCC. The first kappa shape index (κ1) is 55.4. The van der Waals surface area contributed by atoms with Gasteiger partial charge in [0.05, 0.1) is 0 Å². The van der Waals surface area contributed by atoms with Gasteiger partial charge >= 0.3 is 17.9 Å². The third-order valence-electron chi connectivity index (χ3n) is 10.6. The van der Waals surface area contributed by atoms with Crippen LogP contribution in [0.15, 0.2) is 48.6 Å². The number of carbonyl (C=O) groups excluding carboxylic acids is 3. The Balaban J connectivity index is 4.40. The van der Waals surface area contributed by atoms with Crippen LogP contribution in [0.2, 0.25) is 0 Å². The van der Waals surface area contributed by atoms with E-state index in [-0.39, 0.29) is 31.1 Å². The monoisotopic (exact) mass is 813 g/mol. The van der Waals surface area contributed by atoms with Gasteiger partial charge in [-0.05, 0) is 77.0 Å². The molecule has 0 N–H and O–H groups in total. The Kier molecular flexibility index (Phi) is 44.9. The van der Waals surface area contributed by atoms with E-state index in [1.54, 1.807) is 0 Å². The standard InChI is InChI=1S/C52H92O6/c1-4-7-10-13-16-19-22-24-25-26-28-30-33-36-39-42-45-51(54)57-48-49(47-56-50(53)44-41-38-35-32-29-21-18-15-12-9-6-3)58-52(55)46-43-40-37-34-31-27-23-20-17-14-11-8-5-2/h8,11,17,20,25-27,31,49H,4-7,9-10,12-16,18-19,21-24,28-30,32-48H2,1-3H3/b11-8-,20-17-,26-25-,31-27-. The van der Waals surface area contributed by atoms with Crippen molar-refractivity contribution in [1.29, 1.82) is 0 Å². The maximum atomic E-state index is 12.7. The van der Waals surface area contributed by atoms with Crippen LogP contribution in [0, 0.1) is 0 Å². The third kappa shape index (κ3) is 44.5. The van der Waals surface area contributed by atoms with Crippen LogP contribution in [-0.2, 0) is 28.6 Å². The number of rotatable bonds is 44. The Labute approximate surface area is 358 Å². The lowest BCUT2D eigenvalue weighted by Gasteiger charge is -2.18. The minimum atomic E-state index is -0.787. The second kappa shape index (κ2) is 47.1. The summed E-state index contributed by atoms with van der Waals surface area (Å²) in [6.07, 6.45) is 55.2. The third-order valence-corrected chi connectivity index (χ3v) is 10.6. The van der Waals surface area contributed by atoms with Crippen molar-refractivity contribution in [2.24, 2.45) is 0 Å². The fourth-order valence-corrected chi connectivity index (χ4v) is 6.86. The number of carbonyl (C=O) groups is 3. The molecule has 0 bridgehead atoms. The molecule has 0 saturated heterocycles. The molecule has 0 aliphatic carbocycles. The second-order valence-corrected chi connectivity index (χ2v) is 16.3. The van der Waals surface area contributed by atoms with Crippen molar-refractivity contribution in [3.05, 3.63) is 48.6 Å². The molecular weight excluding hydrogens is 721 g/mol. The quantitative estimate of drug-likeness (QED) is 0.0264. The minimum absolute atomic E-state index is 0.0858. The molecule has 0 aromatic rings. The van der Waals surface area contributed by atoms with Crippen molar-refractivity contribution in [3.63, 3.8) is 0 Å². The van der Waals surface area contributed by atoms with E-state index >= 15 is 0 Å². The molecule has 58 heavy (non-hydrogen) atoms. The molecule has 6 heteroatoms. The van der Waals surface area contributed by atoms with Gasteiger partial charge in [-0.1, -0.05) is 198 Å². The summed E-state index contributed by atoms with van der Waals surface area (Å²) in [6, 6.07) is 0. The van der Waals surface area contributed by atoms with E-state index in [4.69, 9.17) is 14.2 Å². The van der Waals surface area contributed by atoms with Crippen molar-refractivity contribution >= 4 is 17.9 Å². The highest BCUT2D eigenvalue weighted by Gasteiger charge is 2.19. The molecule has 0 fully saturated rings. The van der Waals surface area contributed by atoms with E-state index in [9.17, 15) is 14.4 Å². The summed E-state index contributed by atoms with van der Waals surface area (Å²) in [5.74, 6) is -0.921. The Bertz CT molecular complexity index is 1030. The number of unbranched alkanes of at least 4 members (excludes halogenated alkanes) is 25. The first-order chi connectivity index (χ1) is 28.5. The minimum Gasteiger partial charge on any atom is -0.462 e. The van der Waals surface area contributed by atoms with E-state index in [1.807, 2.05) is 0 Å². The van der Waals surface area contributed by atoms with Crippen molar-refractivity contribution < 1.29 is 28.6 Å².